The average molecular weight is 388 g/mol. The monoisotopic (exact) mass is 388 g/mol. The van der Waals surface area contributed by atoms with Crippen molar-refractivity contribution in [2.24, 2.45) is 5.41 Å². The molecule has 0 unspecified atom stereocenters. The van der Waals surface area contributed by atoms with E-state index in [1.165, 1.54) is 10.6 Å². The Bertz CT molecular complexity index is 717. The Morgan fingerprint density at radius 3 is 1.70 bits per heavy atom. The minimum absolute atomic E-state index is 0.0804. The van der Waals surface area contributed by atoms with E-state index in [1.54, 1.807) is 14.2 Å². The van der Waals surface area contributed by atoms with Gasteiger partial charge >= 0.3 is 0 Å². The van der Waals surface area contributed by atoms with Gasteiger partial charge in [0.15, 0.2) is 5.79 Å². The molecule has 2 aromatic carbocycles. The Morgan fingerprint density at radius 2 is 1.26 bits per heavy atom. The minimum atomic E-state index is -0.716. The van der Waals surface area contributed by atoms with Crippen LogP contribution in [0.25, 0.3) is 0 Å². The largest absolute Gasteiger partial charge is 0.496 e. The van der Waals surface area contributed by atoms with Crippen molar-refractivity contribution in [3.8, 4) is 11.5 Å². The number of methoxy groups -OCH3 is 2. The molecule has 0 radical (unpaired) electrons. The molecule has 0 amide bonds. The maximum absolute atomic E-state index is 5.99. The Balaban J connectivity index is 2.01. The summed E-state index contributed by atoms with van der Waals surface area (Å²) >= 11 is 0. The number of hydrogen-bond acceptors (Lipinski definition) is 4. The van der Waals surface area contributed by atoms with E-state index in [0.717, 1.165) is 17.7 Å². The van der Waals surface area contributed by atoms with Crippen LogP contribution in [0.5, 0.6) is 11.5 Å². The average Bonchev–Trinajstić information content (AvgIpc) is 2.69. The molecule has 0 spiro atoms. The van der Waals surface area contributed by atoms with Gasteiger partial charge in [0.2, 0.25) is 0 Å². The van der Waals surface area contributed by atoms with E-state index in [4.69, 9.17) is 18.9 Å². The van der Waals surface area contributed by atoms with Crippen LogP contribution in [0.1, 0.15) is 20.8 Å². The van der Waals surface area contributed by atoms with Gasteiger partial charge < -0.3 is 18.9 Å². The van der Waals surface area contributed by atoms with Crippen LogP contribution in [0.15, 0.2) is 48.5 Å². The lowest BCUT2D eigenvalue weighted by atomic mass is 9.94. The molecule has 5 heteroatoms. The second-order valence-electron chi connectivity index (χ2n) is 7.72. The van der Waals surface area contributed by atoms with Crippen molar-refractivity contribution in [1.82, 2.24) is 0 Å². The third-order valence-corrected chi connectivity index (χ3v) is 7.81. The highest BCUT2D eigenvalue weighted by molar-refractivity contribution is 7.73. The fourth-order valence-corrected chi connectivity index (χ4v) is 6.20. The molecular formula is C22H29O4P. The maximum atomic E-state index is 5.99. The van der Waals surface area contributed by atoms with E-state index in [1.807, 2.05) is 38.1 Å². The van der Waals surface area contributed by atoms with Crippen LogP contribution >= 0.6 is 7.92 Å². The van der Waals surface area contributed by atoms with Crippen molar-refractivity contribution >= 4 is 18.5 Å². The first-order valence-electron chi connectivity index (χ1n) is 9.19. The summed E-state index contributed by atoms with van der Waals surface area (Å²) in [5.74, 6) is 1.31. The number of ether oxygens (including phenoxy) is 4. The summed E-state index contributed by atoms with van der Waals surface area (Å²) in [5.41, 5.74) is -0.0804. The van der Waals surface area contributed by atoms with Gasteiger partial charge in [-0.05, 0) is 40.1 Å². The van der Waals surface area contributed by atoms with E-state index < -0.39 is 13.7 Å². The molecule has 3 rings (SSSR count). The smallest absolute Gasteiger partial charge is 0.162 e. The molecule has 0 N–H and O–H groups in total. The zero-order valence-corrected chi connectivity index (χ0v) is 17.7. The molecule has 1 saturated heterocycles. The number of rotatable bonds is 6. The predicted octanol–water partition coefficient (Wildman–Crippen LogP) is 3.93. The third-order valence-electron chi connectivity index (χ3n) is 4.83. The molecule has 0 bridgehead atoms. The molecule has 1 aliphatic heterocycles. The van der Waals surface area contributed by atoms with Crippen LogP contribution in [0.4, 0.5) is 0 Å². The van der Waals surface area contributed by atoms with E-state index >= 15 is 0 Å². The van der Waals surface area contributed by atoms with Gasteiger partial charge in [-0.1, -0.05) is 43.3 Å². The molecule has 4 nitrogen and oxygen atoms in total. The van der Waals surface area contributed by atoms with Gasteiger partial charge in [0, 0.05) is 16.0 Å². The fourth-order valence-electron chi connectivity index (χ4n) is 3.26. The number of hydrogen-bond donors (Lipinski definition) is 0. The molecular weight excluding hydrogens is 359 g/mol. The van der Waals surface area contributed by atoms with Crippen LogP contribution in [0.2, 0.25) is 0 Å². The predicted molar refractivity (Wildman–Crippen MR) is 111 cm³/mol. The van der Waals surface area contributed by atoms with Gasteiger partial charge in [-0.25, -0.2) is 0 Å². The molecule has 146 valence electrons. The maximum Gasteiger partial charge on any atom is 0.162 e. The first-order valence-corrected chi connectivity index (χ1v) is 10.7. The van der Waals surface area contributed by atoms with Crippen molar-refractivity contribution < 1.29 is 18.9 Å². The Kier molecular flexibility index (Phi) is 6.10. The molecule has 0 aliphatic carbocycles. The summed E-state index contributed by atoms with van der Waals surface area (Å²) < 4.78 is 23.4. The van der Waals surface area contributed by atoms with Gasteiger partial charge in [-0.2, -0.15) is 0 Å². The van der Waals surface area contributed by atoms with Crippen LogP contribution in [-0.4, -0.2) is 39.4 Å². The molecule has 0 saturated carbocycles. The zero-order chi connectivity index (χ0) is 19.5. The first-order chi connectivity index (χ1) is 12.9. The Hall–Kier alpha value is -1.61. The van der Waals surface area contributed by atoms with Gasteiger partial charge in [0.1, 0.15) is 11.5 Å². The second-order valence-corrected chi connectivity index (χ2v) is 9.85. The van der Waals surface area contributed by atoms with E-state index in [2.05, 4.69) is 31.2 Å². The van der Waals surface area contributed by atoms with Gasteiger partial charge in [0.25, 0.3) is 0 Å². The topological polar surface area (TPSA) is 36.9 Å². The fraction of sp³-hybridized carbons (Fsp3) is 0.455. The number of para-hydroxylation sites is 2. The van der Waals surface area contributed by atoms with Crippen molar-refractivity contribution in [1.29, 1.82) is 0 Å². The van der Waals surface area contributed by atoms with Gasteiger partial charge in [0.05, 0.1) is 27.4 Å². The normalized spacial score (nSPS) is 18.3. The molecule has 1 fully saturated rings. The zero-order valence-electron chi connectivity index (χ0n) is 16.8. The quantitative estimate of drug-likeness (QED) is 0.703. The Labute approximate surface area is 163 Å². The highest BCUT2D eigenvalue weighted by Gasteiger charge is 2.39. The summed E-state index contributed by atoms with van der Waals surface area (Å²) in [6.45, 7) is 7.51. The van der Waals surface area contributed by atoms with E-state index in [-0.39, 0.29) is 5.41 Å². The molecule has 0 atom stereocenters. The van der Waals surface area contributed by atoms with Crippen molar-refractivity contribution in [2.45, 2.75) is 26.6 Å². The Morgan fingerprint density at radius 1 is 0.815 bits per heavy atom. The summed E-state index contributed by atoms with van der Waals surface area (Å²) in [5, 5.41) is 2.43. The summed E-state index contributed by atoms with van der Waals surface area (Å²) in [6.07, 6.45) is 0.930. The summed E-state index contributed by atoms with van der Waals surface area (Å²) in [6, 6.07) is 16.5. The van der Waals surface area contributed by atoms with Crippen LogP contribution in [-0.2, 0) is 9.47 Å². The van der Waals surface area contributed by atoms with E-state index in [0.29, 0.717) is 13.2 Å². The lowest BCUT2D eigenvalue weighted by molar-refractivity contribution is -0.278. The van der Waals surface area contributed by atoms with Crippen molar-refractivity contribution in [3.63, 3.8) is 0 Å². The first kappa shape index (κ1) is 20.1. The van der Waals surface area contributed by atoms with Crippen molar-refractivity contribution in [3.05, 3.63) is 48.5 Å². The number of benzene rings is 2. The highest BCUT2D eigenvalue weighted by Crippen LogP contribution is 2.46. The van der Waals surface area contributed by atoms with E-state index in [9.17, 15) is 0 Å². The molecule has 1 heterocycles. The van der Waals surface area contributed by atoms with Crippen LogP contribution in [0.3, 0.4) is 0 Å². The third kappa shape index (κ3) is 4.63. The van der Waals surface area contributed by atoms with Crippen molar-refractivity contribution in [2.75, 3.05) is 33.6 Å². The molecule has 1 aliphatic rings. The summed E-state index contributed by atoms with van der Waals surface area (Å²) in [7, 11) is 2.74. The summed E-state index contributed by atoms with van der Waals surface area (Å²) in [4.78, 5) is 0. The highest BCUT2D eigenvalue weighted by atomic mass is 31.1. The minimum Gasteiger partial charge on any atom is -0.496 e. The van der Waals surface area contributed by atoms with Gasteiger partial charge in [-0.3, -0.25) is 0 Å². The lowest BCUT2D eigenvalue weighted by Crippen LogP contribution is -2.47. The van der Waals surface area contributed by atoms with Crippen LogP contribution in [0, 0.1) is 5.41 Å². The molecule has 2 aromatic rings. The van der Waals surface area contributed by atoms with Gasteiger partial charge in [-0.15, -0.1) is 0 Å². The molecule has 0 aromatic heterocycles. The molecule has 27 heavy (non-hydrogen) atoms. The van der Waals surface area contributed by atoms with Crippen LogP contribution < -0.4 is 20.1 Å². The second kappa shape index (κ2) is 8.18. The SMILES string of the molecule is COc1ccccc1P(CC1(C)COC(C)(C)OC1)c1ccccc1OC. The standard InChI is InChI=1S/C22H29O4P/c1-21(2)25-14-22(3,15-26-21)16-27(19-12-8-6-10-17(19)23-4)20-13-9-7-11-18(20)24-5/h6-13H,14-16H2,1-5H3. The lowest BCUT2D eigenvalue weighted by Gasteiger charge is -2.43.